The van der Waals surface area contributed by atoms with Crippen LogP contribution in [0.4, 0.5) is 0 Å². The van der Waals surface area contributed by atoms with Crippen molar-refractivity contribution in [2.75, 3.05) is 6.54 Å². The molecule has 0 spiro atoms. The first-order valence-corrected chi connectivity index (χ1v) is 7.62. The molecule has 19 heavy (non-hydrogen) atoms. The van der Waals surface area contributed by atoms with Crippen molar-refractivity contribution in [3.8, 4) is 0 Å². The minimum Gasteiger partial charge on any atom is -0.388 e. The van der Waals surface area contributed by atoms with Crippen LogP contribution in [0, 0.1) is 0 Å². The first-order chi connectivity index (χ1) is 9.00. The predicted octanol–water partition coefficient (Wildman–Crippen LogP) is 2.98. The Labute approximate surface area is 117 Å². The number of hydrogen-bond donors (Lipinski definition) is 1. The first kappa shape index (κ1) is 14.6. The lowest BCUT2D eigenvalue weighted by Gasteiger charge is -2.31. The van der Waals surface area contributed by atoms with Crippen molar-refractivity contribution in [2.24, 2.45) is 0 Å². The minimum absolute atomic E-state index is 0.240. The molecule has 1 N–H and O–H groups in total. The second-order valence-electron chi connectivity index (χ2n) is 6.24. The standard InChI is InChI=1S/C16H28N2O/c1-12(2)18(13(3)4)11-10-17-9-8-14-15(17)6-5-7-16(14)19/h8-9,12-13,16,19H,5-7,10-11H2,1-4H3. The van der Waals surface area contributed by atoms with Gasteiger partial charge in [0.05, 0.1) is 6.10 Å². The van der Waals surface area contributed by atoms with Crippen molar-refractivity contribution in [1.82, 2.24) is 9.47 Å². The fourth-order valence-corrected chi connectivity index (χ4v) is 3.28. The van der Waals surface area contributed by atoms with E-state index < -0.39 is 0 Å². The van der Waals surface area contributed by atoms with Gasteiger partial charge in [0.2, 0.25) is 0 Å². The van der Waals surface area contributed by atoms with Crippen molar-refractivity contribution in [3.63, 3.8) is 0 Å². The molecule has 3 nitrogen and oxygen atoms in total. The Morgan fingerprint density at radius 3 is 2.63 bits per heavy atom. The molecule has 0 fully saturated rings. The minimum atomic E-state index is -0.240. The van der Waals surface area contributed by atoms with Gasteiger partial charge >= 0.3 is 0 Å². The molecule has 1 aliphatic rings. The Morgan fingerprint density at radius 1 is 1.32 bits per heavy atom. The predicted molar refractivity (Wildman–Crippen MR) is 79.3 cm³/mol. The highest BCUT2D eigenvalue weighted by atomic mass is 16.3. The zero-order valence-corrected chi connectivity index (χ0v) is 12.8. The van der Waals surface area contributed by atoms with Crippen LogP contribution in [0.25, 0.3) is 0 Å². The number of aromatic nitrogens is 1. The van der Waals surface area contributed by atoms with Gasteiger partial charge in [-0.25, -0.2) is 0 Å². The van der Waals surface area contributed by atoms with E-state index in [2.05, 4.69) is 49.4 Å². The summed E-state index contributed by atoms with van der Waals surface area (Å²) < 4.78 is 2.34. The Bertz CT molecular complexity index is 401. The summed E-state index contributed by atoms with van der Waals surface area (Å²) in [6.07, 6.45) is 5.05. The smallest absolute Gasteiger partial charge is 0.0807 e. The average Bonchev–Trinajstić information content (AvgIpc) is 2.73. The van der Waals surface area contributed by atoms with Gasteiger partial charge in [-0.15, -0.1) is 0 Å². The molecule has 1 aromatic heterocycles. The molecular weight excluding hydrogens is 236 g/mol. The second kappa shape index (κ2) is 6.10. The summed E-state index contributed by atoms with van der Waals surface area (Å²) in [4.78, 5) is 2.52. The summed E-state index contributed by atoms with van der Waals surface area (Å²) in [5.41, 5.74) is 2.51. The van der Waals surface area contributed by atoms with Gasteiger partial charge in [-0.2, -0.15) is 0 Å². The van der Waals surface area contributed by atoms with E-state index in [1.54, 1.807) is 0 Å². The maximum atomic E-state index is 10.0. The van der Waals surface area contributed by atoms with E-state index in [1.807, 2.05) is 0 Å². The summed E-state index contributed by atoms with van der Waals surface area (Å²) in [5.74, 6) is 0. The molecular formula is C16H28N2O. The van der Waals surface area contributed by atoms with Crippen LogP contribution < -0.4 is 0 Å². The zero-order valence-electron chi connectivity index (χ0n) is 12.8. The highest BCUT2D eigenvalue weighted by Crippen LogP contribution is 2.30. The number of aliphatic hydroxyl groups is 1. The van der Waals surface area contributed by atoms with Gasteiger partial charge in [0, 0.05) is 42.6 Å². The molecule has 1 heterocycles. The molecule has 0 aromatic carbocycles. The Balaban J connectivity index is 2.04. The van der Waals surface area contributed by atoms with Crippen molar-refractivity contribution < 1.29 is 5.11 Å². The largest absolute Gasteiger partial charge is 0.388 e. The van der Waals surface area contributed by atoms with Gasteiger partial charge in [-0.3, -0.25) is 4.90 Å². The highest BCUT2D eigenvalue weighted by Gasteiger charge is 2.21. The van der Waals surface area contributed by atoms with Crippen LogP contribution in [0.3, 0.4) is 0 Å². The van der Waals surface area contributed by atoms with E-state index in [-0.39, 0.29) is 6.10 Å². The quantitative estimate of drug-likeness (QED) is 0.885. The molecule has 0 saturated heterocycles. The van der Waals surface area contributed by atoms with Crippen LogP contribution >= 0.6 is 0 Å². The fraction of sp³-hybridized carbons (Fsp3) is 0.750. The molecule has 0 bridgehead atoms. The molecule has 108 valence electrons. The van der Waals surface area contributed by atoms with Crippen molar-refractivity contribution >= 4 is 0 Å². The molecule has 0 saturated carbocycles. The topological polar surface area (TPSA) is 28.4 Å². The summed E-state index contributed by atoms with van der Waals surface area (Å²) in [6, 6.07) is 3.27. The molecule has 1 atom stereocenters. The van der Waals surface area contributed by atoms with Gasteiger partial charge in [0.1, 0.15) is 0 Å². The number of fused-ring (bicyclic) bond motifs is 1. The number of rotatable bonds is 5. The summed E-state index contributed by atoms with van der Waals surface area (Å²) in [5, 5.41) is 10.0. The van der Waals surface area contributed by atoms with E-state index in [0.29, 0.717) is 12.1 Å². The van der Waals surface area contributed by atoms with Crippen molar-refractivity contribution in [3.05, 3.63) is 23.5 Å². The summed E-state index contributed by atoms with van der Waals surface area (Å²) >= 11 is 0. The molecule has 0 radical (unpaired) electrons. The molecule has 0 aliphatic heterocycles. The Kier molecular flexibility index (Phi) is 4.69. The Morgan fingerprint density at radius 2 is 2.00 bits per heavy atom. The van der Waals surface area contributed by atoms with Crippen LogP contribution in [0.1, 0.15) is 57.9 Å². The number of nitrogens with zero attached hydrogens (tertiary/aromatic N) is 2. The van der Waals surface area contributed by atoms with E-state index in [9.17, 15) is 5.11 Å². The highest BCUT2D eigenvalue weighted by molar-refractivity contribution is 5.27. The molecule has 1 unspecified atom stereocenters. The number of aliphatic hydroxyl groups excluding tert-OH is 1. The maximum absolute atomic E-state index is 10.0. The third-order valence-electron chi connectivity index (χ3n) is 4.29. The van der Waals surface area contributed by atoms with Gasteiger partial charge in [0.25, 0.3) is 0 Å². The van der Waals surface area contributed by atoms with Gasteiger partial charge in [-0.05, 0) is 53.0 Å². The molecule has 1 aromatic rings. The normalized spacial score (nSPS) is 19.5. The monoisotopic (exact) mass is 264 g/mol. The summed E-state index contributed by atoms with van der Waals surface area (Å²) in [7, 11) is 0. The van der Waals surface area contributed by atoms with Crippen LogP contribution in [0.5, 0.6) is 0 Å². The fourth-order valence-electron chi connectivity index (χ4n) is 3.28. The zero-order chi connectivity index (χ0) is 14.0. The maximum Gasteiger partial charge on any atom is 0.0807 e. The van der Waals surface area contributed by atoms with E-state index in [4.69, 9.17) is 0 Å². The van der Waals surface area contributed by atoms with Gasteiger partial charge in [0.15, 0.2) is 0 Å². The molecule has 2 rings (SSSR count). The van der Waals surface area contributed by atoms with Crippen LogP contribution in [0.2, 0.25) is 0 Å². The lowest BCUT2D eigenvalue weighted by Crippen LogP contribution is -2.39. The van der Waals surface area contributed by atoms with E-state index in [0.717, 1.165) is 37.9 Å². The molecule has 1 aliphatic carbocycles. The van der Waals surface area contributed by atoms with Crippen LogP contribution in [0.15, 0.2) is 12.3 Å². The van der Waals surface area contributed by atoms with Crippen molar-refractivity contribution in [1.29, 1.82) is 0 Å². The van der Waals surface area contributed by atoms with E-state index in [1.165, 1.54) is 5.69 Å². The van der Waals surface area contributed by atoms with Gasteiger partial charge in [-0.1, -0.05) is 0 Å². The summed E-state index contributed by atoms with van der Waals surface area (Å²) in [6.45, 7) is 11.1. The SMILES string of the molecule is CC(C)N(CCn1ccc2c1CCCC2O)C(C)C. The third-order valence-corrected chi connectivity index (χ3v) is 4.29. The molecule has 3 heteroatoms. The average molecular weight is 264 g/mol. The van der Waals surface area contributed by atoms with Crippen molar-refractivity contribution in [2.45, 2.75) is 71.7 Å². The lowest BCUT2D eigenvalue weighted by molar-refractivity contribution is 0.153. The van der Waals surface area contributed by atoms with Gasteiger partial charge < -0.3 is 9.67 Å². The third kappa shape index (κ3) is 3.21. The number of hydrogen-bond acceptors (Lipinski definition) is 2. The lowest BCUT2D eigenvalue weighted by atomic mass is 9.95. The first-order valence-electron chi connectivity index (χ1n) is 7.62. The van der Waals surface area contributed by atoms with E-state index >= 15 is 0 Å². The van der Waals surface area contributed by atoms with Crippen LogP contribution in [-0.4, -0.2) is 33.2 Å². The molecule has 0 amide bonds. The Hall–Kier alpha value is -0.800. The van der Waals surface area contributed by atoms with Crippen LogP contribution in [-0.2, 0) is 13.0 Å². The second-order valence-corrected chi connectivity index (χ2v) is 6.24.